The van der Waals surface area contributed by atoms with Crippen LogP contribution in [0.15, 0.2) is 54.6 Å². The number of rotatable bonds is 7. The van der Waals surface area contributed by atoms with Crippen LogP contribution in [0.4, 0.5) is 0 Å². The summed E-state index contributed by atoms with van der Waals surface area (Å²) in [6.07, 6.45) is -0.425. The summed E-state index contributed by atoms with van der Waals surface area (Å²) < 4.78 is 5.57. The molecule has 3 amide bonds. The monoisotopic (exact) mass is 338 g/mol. The van der Waals surface area contributed by atoms with Crippen molar-refractivity contribution in [3.8, 4) is 0 Å². The molecule has 1 unspecified atom stereocenters. The third-order valence-electron chi connectivity index (χ3n) is 4.05. The van der Waals surface area contributed by atoms with Gasteiger partial charge >= 0.3 is 0 Å². The first-order valence-electron chi connectivity index (χ1n) is 8.00. The van der Waals surface area contributed by atoms with Gasteiger partial charge in [-0.3, -0.25) is 19.3 Å². The van der Waals surface area contributed by atoms with Crippen LogP contribution in [0, 0.1) is 0 Å². The van der Waals surface area contributed by atoms with Gasteiger partial charge in [-0.2, -0.15) is 0 Å². The molecule has 0 aliphatic carbocycles. The molecular weight excluding hydrogens is 320 g/mol. The molecule has 6 nitrogen and oxygen atoms in total. The third kappa shape index (κ3) is 3.44. The summed E-state index contributed by atoms with van der Waals surface area (Å²) in [6, 6.07) is 15.7. The Morgan fingerprint density at radius 1 is 0.960 bits per heavy atom. The fraction of sp³-hybridized carbons (Fsp3) is 0.211. The standard InChI is InChI=1S/C19H18N2O4/c20-17(22)16(13-7-2-1-3-8-13)25-12-6-11-21-18(23)14-9-4-5-10-15(14)19(21)24/h1-5,7-10,16H,6,11-12H2,(H2,20,22). The van der Waals surface area contributed by atoms with Gasteiger partial charge in [-0.15, -0.1) is 0 Å². The van der Waals surface area contributed by atoms with Crippen LogP contribution in [0.3, 0.4) is 0 Å². The van der Waals surface area contributed by atoms with E-state index >= 15 is 0 Å². The molecule has 6 heteroatoms. The lowest BCUT2D eigenvalue weighted by Crippen LogP contribution is -2.32. The molecule has 25 heavy (non-hydrogen) atoms. The summed E-state index contributed by atoms with van der Waals surface area (Å²) in [5.74, 6) is -1.17. The summed E-state index contributed by atoms with van der Waals surface area (Å²) >= 11 is 0. The van der Waals surface area contributed by atoms with Gasteiger partial charge < -0.3 is 10.5 Å². The quantitative estimate of drug-likeness (QED) is 0.617. The normalized spacial score (nSPS) is 14.5. The molecule has 0 radical (unpaired) electrons. The fourth-order valence-electron chi connectivity index (χ4n) is 2.84. The van der Waals surface area contributed by atoms with E-state index in [1.54, 1.807) is 48.5 Å². The number of primary amides is 1. The summed E-state index contributed by atoms with van der Waals surface area (Å²) in [6.45, 7) is 0.433. The Balaban J connectivity index is 1.56. The highest BCUT2D eigenvalue weighted by Gasteiger charge is 2.34. The molecule has 2 N–H and O–H groups in total. The van der Waals surface area contributed by atoms with Crippen LogP contribution in [-0.4, -0.2) is 35.8 Å². The lowest BCUT2D eigenvalue weighted by molar-refractivity contribution is -0.130. The van der Waals surface area contributed by atoms with Gasteiger partial charge in [0.2, 0.25) is 0 Å². The van der Waals surface area contributed by atoms with Crippen molar-refractivity contribution in [3.05, 3.63) is 71.3 Å². The van der Waals surface area contributed by atoms with Crippen molar-refractivity contribution < 1.29 is 19.1 Å². The molecule has 1 atom stereocenters. The average Bonchev–Trinajstić information content (AvgIpc) is 2.87. The summed E-state index contributed by atoms with van der Waals surface area (Å²) in [7, 11) is 0. The lowest BCUT2D eigenvalue weighted by atomic mass is 10.1. The highest BCUT2D eigenvalue weighted by Crippen LogP contribution is 2.23. The van der Waals surface area contributed by atoms with Crippen molar-refractivity contribution >= 4 is 17.7 Å². The molecule has 2 aromatic rings. The Hall–Kier alpha value is -2.99. The van der Waals surface area contributed by atoms with E-state index in [2.05, 4.69) is 0 Å². The van der Waals surface area contributed by atoms with Gasteiger partial charge in [0.1, 0.15) is 0 Å². The maximum atomic E-state index is 12.3. The molecule has 2 aromatic carbocycles. The van der Waals surface area contributed by atoms with Crippen LogP contribution in [-0.2, 0) is 9.53 Å². The van der Waals surface area contributed by atoms with E-state index in [1.807, 2.05) is 6.07 Å². The van der Waals surface area contributed by atoms with Crippen molar-refractivity contribution in [2.24, 2.45) is 5.73 Å². The summed E-state index contributed by atoms with van der Waals surface area (Å²) in [4.78, 5) is 37.3. The number of ether oxygens (including phenoxy) is 1. The van der Waals surface area contributed by atoms with E-state index in [0.29, 0.717) is 23.1 Å². The topological polar surface area (TPSA) is 89.7 Å². The van der Waals surface area contributed by atoms with Gasteiger partial charge in [0, 0.05) is 13.2 Å². The molecule has 1 aliphatic rings. The summed E-state index contributed by atoms with van der Waals surface area (Å²) in [5, 5.41) is 0. The van der Waals surface area contributed by atoms with Crippen molar-refractivity contribution in [1.29, 1.82) is 0 Å². The van der Waals surface area contributed by atoms with Gasteiger partial charge in [0.25, 0.3) is 17.7 Å². The first-order valence-corrected chi connectivity index (χ1v) is 8.00. The number of carbonyl (C=O) groups is 3. The number of amides is 3. The molecular formula is C19H18N2O4. The van der Waals surface area contributed by atoms with Gasteiger partial charge in [0.05, 0.1) is 11.1 Å². The molecule has 0 spiro atoms. The molecule has 0 fully saturated rings. The number of hydrogen-bond acceptors (Lipinski definition) is 4. The van der Waals surface area contributed by atoms with Crippen molar-refractivity contribution in [3.63, 3.8) is 0 Å². The largest absolute Gasteiger partial charge is 0.367 e. The second-order valence-corrected chi connectivity index (χ2v) is 5.72. The van der Waals surface area contributed by atoms with Crippen LogP contribution in [0.1, 0.15) is 38.8 Å². The number of carbonyl (C=O) groups excluding carboxylic acids is 3. The zero-order valence-electron chi connectivity index (χ0n) is 13.6. The smallest absolute Gasteiger partial charge is 0.261 e. The highest BCUT2D eigenvalue weighted by molar-refractivity contribution is 6.21. The van der Waals surface area contributed by atoms with E-state index in [0.717, 1.165) is 0 Å². The van der Waals surface area contributed by atoms with Crippen LogP contribution in [0.5, 0.6) is 0 Å². The molecule has 0 saturated heterocycles. The Bertz CT molecular complexity index is 769. The molecule has 0 saturated carbocycles. The number of nitrogens with zero attached hydrogens (tertiary/aromatic N) is 1. The van der Waals surface area contributed by atoms with Crippen molar-refractivity contribution in [1.82, 2.24) is 4.90 Å². The first-order chi connectivity index (χ1) is 12.1. The Labute approximate surface area is 145 Å². The predicted octanol–water partition coefficient (Wildman–Crippen LogP) is 1.92. The summed E-state index contributed by atoms with van der Waals surface area (Å²) in [5.41, 5.74) is 6.92. The predicted molar refractivity (Wildman–Crippen MR) is 90.8 cm³/mol. The number of fused-ring (bicyclic) bond motifs is 1. The van der Waals surface area contributed by atoms with Crippen molar-refractivity contribution in [2.75, 3.05) is 13.2 Å². The van der Waals surface area contributed by atoms with E-state index in [9.17, 15) is 14.4 Å². The highest BCUT2D eigenvalue weighted by atomic mass is 16.5. The molecule has 0 aromatic heterocycles. The number of imide groups is 1. The minimum atomic E-state index is -0.844. The molecule has 1 heterocycles. The van der Waals surface area contributed by atoms with Crippen LogP contribution in [0.2, 0.25) is 0 Å². The number of nitrogens with two attached hydrogens (primary N) is 1. The Morgan fingerprint density at radius 3 is 2.08 bits per heavy atom. The lowest BCUT2D eigenvalue weighted by Gasteiger charge is -2.17. The van der Waals surface area contributed by atoms with Gasteiger partial charge in [-0.05, 0) is 24.1 Å². The maximum absolute atomic E-state index is 12.3. The number of hydrogen-bond donors (Lipinski definition) is 1. The third-order valence-corrected chi connectivity index (χ3v) is 4.05. The van der Waals surface area contributed by atoms with Crippen molar-refractivity contribution in [2.45, 2.75) is 12.5 Å². The molecule has 1 aliphatic heterocycles. The van der Waals surface area contributed by atoms with E-state index in [4.69, 9.17) is 10.5 Å². The first kappa shape index (κ1) is 16.9. The van der Waals surface area contributed by atoms with Crippen LogP contribution >= 0.6 is 0 Å². The zero-order chi connectivity index (χ0) is 17.8. The number of benzene rings is 2. The molecule has 3 rings (SSSR count). The Morgan fingerprint density at radius 2 is 1.52 bits per heavy atom. The fourth-order valence-corrected chi connectivity index (χ4v) is 2.84. The van der Waals surface area contributed by atoms with E-state index in [1.165, 1.54) is 4.90 Å². The minimum Gasteiger partial charge on any atom is -0.367 e. The van der Waals surface area contributed by atoms with Gasteiger partial charge in [-0.1, -0.05) is 42.5 Å². The Kier molecular flexibility index (Phi) is 4.90. The van der Waals surface area contributed by atoms with Crippen LogP contribution < -0.4 is 5.73 Å². The van der Waals surface area contributed by atoms with E-state index in [-0.39, 0.29) is 25.0 Å². The average molecular weight is 338 g/mol. The second-order valence-electron chi connectivity index (χ2n) is 5.72. The molecule has 0 bridgehead atoms. The zero-order valence-corrected chi connectivity index (χ0v) is 13.6. The van der Waals surface area contributed by atoms with E-state index < -0.39 is 12.0 Å². The minimum absolute atomic E-state index is 0.204. The maximum Gasteiger partial charge on any atom is 0.261 e. The van der Waals surface area contributed by atoms with Gasteiger partial charge in [-0.25, -0.2) is 0 Å². The second kappa shape index (κ2) is 7.27. The van der Waals surface area contributed by atoms with Gasteiger partial charge in [0.15, 0.2) is 6.10 Å². The SMILES string of the molecule is NC(=O)C(OCCCN1C(=O)c2ccccc2C1=O)c1ccccc1. The molecule has 128 valence electrons. The van der Waals surface area contributed by atoms with Crippen LogP contribution in [0.25, 0.3) is 0 Å².